The highest BCUT2D eigenvalue weighted by Crippen LogP contribution is 2.28. The van der Waals surface area contributed by atoms with E-state index in [0.717, 1.165) is 29.7 Å². The molecule has 0 aliphatic rings. The minimum Gasteiger partial charge on any atom is -0.506 e. The summed E-state index contributed by atoms with van der Waals surface area (Å²) in [5.74, 6) is 1.54. The molecule has 1 N–H and O–H groups in total. The highest BCUT2D eigenvalue weighted by Gasteiger charge is 2.05. The maximum absolute atomic E-state index is 9.93. The van der Waals surface area contributed by atoms with Gasteiger partial charge < -0.3 is 9.52 Å². The highest BCUT2D eigenvalue weighted by atomic mass is 35.5. The fourth-order valence-electron chi connectivity index (χ4n) is 2.44. The van der Waals surface area contributed by atoms with E-state index in [1.54, 1.807) is 12.3 Å². The number of nitrogens with zero attached hydrogens (tertiary/aromatic N) is 1. The first-order valence-electron chi connectivity index (χ1n) is 7.87. The number of hydrogen-bond acceptors (Lipinski definition) is 3. The van der Waals surface area contributed by atoms with Gasteiger partial charge in [-0.1, -0.05) is 31.0 Å². The lowest BCUT2D eigenvalue weighted by molar-refractivity contribution is 0.476. The van der Waals surface area contributed by atoms with Crippen LogP contribution in [0.5, 0.6) is 5.75 Å². The molecule has 3 nitrogen and oxygen atoms in total. The van der Waals surface area contributed by atoms with E-state index in [1.165, 1.54) is 0 Å². The molecule has 122 valence electrons. The van der Waals surface area contributed by atoms with Crippen molar-refractivity contribution in [1.29, 1.82) is 0 Å². The van der Waals surface area contributed by atoms with Crippen molar-refractivity contribution in [1.82, 2.24) is 0 Å². The van der Waals surface area contributed by atoms with Crippen LogP contribution in [-0.2, 0) is 6.42 Å². The molecule has 0 spiro atoms. The Bertz CT molecular complexity index is 850. The van der Waals surface area contributed by atoms with Crippen molar-refractivity contribution in [2.24, 2.45) is 4.99 Å². The molecule has 0 amide bonds. The van der Waals surface area contributed by atoms with E-state index in [1.807, 2.05) is 48.5 Å². The van der Waals surface area contributed by atoms with Crippen LogP contribution in [0, 0.1) is 0 Å². The second kappa shape index (κ2) is 7.37. The first-order valence-corrected chi connectivity index (χ1v) is 8.25. The zero-order valence-electron chi connectivity index (χ0n) is 13.4. The van der Waals surface area contributed by atoms with Gasteiger partial charge in [0.1, 0.15) is 23.0 Å². The molecule has 2 aromatic carbocycles. The Morgan fingerprint density at radius 2 is 1.88 bits per heavy atom. The number of aliphatic imine (C=N–C) groups is 1. The van der Waals surface area contributed by atoms with Gasteiger partial charge in [0, 0.05) is 10.6 Å². The maximum Gasteiger partial charge on any atom is 0.145 e. The average Bonchev–Trinajstić information content (AvgIpc) is 3.05. The molecule has 0 saturated carbocycles. The van der Waals surface area contributed by atoms with Crippen molar-refractivity contribution in [3.05, 3.63) is 70.9 Å². The fraction of sp³-hybridized carbons (Fsp3) is 0.150. The van der Waals surface area contributed by atoms with Crippen LogP contribution in [0.3, 0.4) is 0 Å². The highest BCUT2D eigenvalue weighted by molar-refractivity contribution is 6.30. The van der Waals surface area contributed by atoms with Crippen LogP contribution in [0.4, 0.5) is 5.69 Å². The molecular formula is C20H18ClNO2. The van der Waals surface area contributed by atoms with E-state index in [-0.39, 0.29) is 5.75 Å². The Hall–Kier alpha value is -2.52. The van der Waals surface area contributed by atoms with Crippen LogP contribution in [0.2, 0.25) is 5.02 Å². The number of hydrogen-bond donors (Lipinski definition) is 1. The molecular weight excluding hydrogens is 322 g/mol. The van der Waals surface area contributed by atoms with Gasteiger partial charge in [0.15, 0.2) is 0 Å². The number of aromatic hydroxyl groups is 1. The zero-order valence-corrected chi connectivity index (χ0v) is 14.1. The Balaban J connectivity index is 1.80. The Morgan fingerprint density at radius 3 is 2.62 bits per heavy atom. The summed E-state index contributed by atoms with van der Waals surface area (Å²) in [5.41, 5.74) is 2.65. The molecule has 0 bridgehead atoms. The quantitative estimate of drug-likeness (QED) is 0.578. The third kappa shape index (κ3) is 3.87. The second-order valence-electron chi connectivity index (χ2n) is 5.54. The second-order valence-corrected chi connectivity index (χ2v) is 5.98. The number of benzene rings is 2. The molecule has 0 unspecified atom stereocenters. The van der Waals surface area contributed by atoms with Gasteiger partial charge in [-0.25, -0.2) is 4.99 Å². The molecule has 3 aromatic rings. The van der Waals surface area contributed by atoms with E-state index < -0.39 is 0 Å². The number of halogens is 1. The maximum atomic E-state index is 9.93. The van der Waals surface area contributed by atoms with Crippen LogP contribution < -0.4 is 0 Å². The van der Waals surface area contributed by atoms with Crippen LogP contribution in [0.1, 0.15) is 24.7 Å². The lowest BCUT2D eigenvalue weighted by atomic mass is 10.1. The topological polar surface area (TPSA) is 45.7 Å². The van der Waals surface area contributed by atoms with Gasteiger partial charge in [0.25, 0.3) is 0 Å². The molecule has 0 atom stereocenters. The first kappa shape index (κ1) is 16.3. The Labute approximate surface area is 146 Å². The third-order valence-corrected chi connectivity index (χ3v) is 3.92. The minimum absolute atomic E-state index is 0.163. The van der Waals surface area contributed by atoms with Crippen LogP contribution in [0.15, 0.2) is 64.0 Å². The molecule has 0 fully saturated rings. The fourth-order valence-corrected chi connectivity index (χ4v) is 2.57. The first-order chi connectivity index (χ1) is 11.7. The lowest BCUT2D eigenvalue weighted by Gasteiger charge is -2.02. The van der Waals surface area contributed by atoms with Crippen molar-refractivity contribution in [3.8, 4) is 17.1 Å². The molecule has 0 saturated heterocycles. The number of furan rings is 1. The molecule has 4 heteroatoms. The molecule has 3 rings (SSSR count). The van der Waals surface area contributed by atoms with Gasteiger partial charge in [-0.2, -0.15) is 0 Å². The van der Waals surface area contributed by atoms with Gasteiger partial charge in [-0.15, -0.1) is 0 Å². The van der Waals surface area contributed by atoms with Crippen molar-refractivity contribution >= 4 is 23.5 Å². The van der Waals surface area contributed by atoms with Crippen molar-refractivity contribution in [2.75, 3.05) is 0 Å². The zero-order chi connectivity index (χ0) is 16.9. The molecule has 0 radical (unpaired) electrons. The number of rotatable bonds is 5. The molecule has 0 aliphatic carbocycles. The summed E-state index contributed by atoms with van der Waals surface area (Å²) < 4.78 is 5.77. The van der Waals surface area contributed by atoms with Crippen LogP contribution in [-0.4, -0.2) is 11.3 Å². The summed E-state index contributed by atoms with van der Waals surface area (Å²) >= 11 is 5.90. The van der Waals surface area contributed by atoms with E-state index >= 15 is 0 Å². The smallest absolute Gasteiger partial charge is 0.145 e. The predicted molar refractivity (Wildman–Crippen MR) is 98.5 cm³/mol. The Morgan fingerprint density at radius 1 is 1.08 bits per heavy atom. The van der Waals surface area contributed by atoms with E-state index in [9.17, 15) is 5.11 Å². The van der Waals surface area contributed by atoms with Gasteiger partial charge in [0.2, 0.25) is 0 Å². The number of phenols is 1. The molecule has 1 aromatic heterocycles. The Kier molecular flexibility index (Phi) is 5.02. The van der Waals surface area contributed by atoms with Gasteiger partial charge in [-0.05, 0) is 60.5 Å². The average molecular weight is 340 g/mol. The SMILES string of the molecule is CCCc1ccc(O)c(N=Cc2ccc(-c3ccc(Cl)cc3)o2)c1. The molecule has 1 heterocycles. The van der Waals surface area contributed by atoms with Crippen molar-refractivity contribution in [2.45, 2.75) is 19.8 Å². The van der Waals surface area contributed by atoms with Crippen molar-refractivity contribution < 1.29 is 9.52 Å². The summed E-state index contributed by atoms with van der Waals surface area (Å²) in [5, 5.41) is 10.6. The van der Waals surface area contributed by atoms with E-state index in [2.05, 4.69) is 11.9 Å². The number of aryl methyl sites for hydroxylation is 1. The van der Waals surface area contributed by atoms with Crippen molar-refractivity contribution in [3.63, 3.8) is 0 Å². The normalized spacial score (nSPS) is 11.2. The van der Waals surface area contributed by atoms with Gasteiger partial charge in [0.05, 0.1) is 6.21 Å². The van der Waals surface area contributed by atoms with Crippen LogP contribution >= 0.6 is 11.6 Å². The van der Waals surface area contributed by atoms with E-state index in [0.29, 0.717) is 16.5 Å². The largest absolute Gasteiger partial charge is 0.506 e. The van der Waals surface area contributed by atoms with Gasteiger partial charge >= 0.3 is 0 Å². The molecule has 24 heavy (non-hydrogen) atoms. The van der Waals surface area contributed by atoms with Crippen LogP contribution in [0.25, 0.3) is 11.3 Å². The summed E-state index contributed by atoms with van der Waals surface area (Å²) in [4.78, 5) is 4.35. The molecule has 0 aliphatic heterocycles. The summed E-state index contributed by atoms with van der Waals surface area (Å²) in [6.07, 6.45) is 3.63. The monoisotopic (exact) mass is 339 g/mol. The summed E-state index contributed by atoms with van der Waals surface area (Å²) in [6.45, 7) is 2.12. The third-order valence-electron chi connectivity index (χ3n) is 3.66. The number of phenolic OH excluding ortho intramolecular Hbond substituents is 1. The minimum atomic E-state index is 0.163. The van der Waals surface area contributed by atoms with Gasteiger partial charge in [-0.3, -0.25) is 0 Å². The lowest BCUT2D eigenvalue weighted by Crippen LogP contribution is -1.83. The standard InChI is InChI=1S/C20H18ClNO2/c1-2-3-14-4-10-19(23)18(12-14)22-13-17-9-11-20(24-17)15-5-7-16(21)8-6-15/h4-13,23H,2-3H2,1H3. The summed E-state index contributed by atoms with van der Waals surface area (Å²) in [7, 11) is 0. The summed E-state index contributed by atoms with van der Waals surface area (Å²) in [6, 6.07) is 16.7. The van der Waals surface area contributed by atoms with E-state index in [4.69, 9.17) is 16.0 Å². The predicted octanol–water partition coefficient (Wildman–Crippen LogP) is 6.01.